The first-order valence-corrected chi connectivity index (χ1v) is 9.17. The van der Waals surface area contributed by atoms with Crippen molar-refractivity contribution in [3.63, 3.8) is 0 Å². The molecule has 2 aromatic rings. The summed E-state index contributed by atoms with van der Waals surface area (Å²) < 4.78 is 11.6. The van der Waals surface area contributed by atoms with Gasteiger partial charge in [0.25, 0.3) is 5.91 Å². The third-order valence-corrected chi connectivity index (χ3v) is 4.59. The van der Waals surface area contributed by atoms with Crippen molar-refractivity contribution in [2.45, 2.75) is 45.8 Å². The number of carbonyl (C=O) groups is 2. The number of rotatable bonds is 7. The van der Waals surface area contributed by atoms with E-state index >= 15 is 0 Å². The Hall–Kier alpha value is -2.83. The lowest BCUT2D eigenvalue weighted by Gasteiger charge is -2.16. The van der Waals surface area contributed by atoms with E-state index in [2.05, 4.69) is 10.3 Å². The number of aromatic nitrogens is 1. The molecule has 7 heteroatoms. The van der Waals surface area contributed by atoms with Crippen LogP contribution >= 0.6 is 0 Å². The van der Waals surface area contributed by atoms with Crippen LogP contribution in [0.3, 0.4) is 0 Å². The lowest BCUT2D eigenvalue weighted by Crippen LogP contribution is -2.27. The van der Waals surface area contributed by atoms with Crippen molar-refractivity contribution in [1.29, 1.82) is 0 Å². The first-order valence-electron chi connectivity index (χ1n) is 9.17. The minimum Gasteiger partial charge on any atom is -0.490 e. The highest BCUT2D eigenvalue weighted by Crippen LogP contribution is 2.31. The number of primary amides is 1. The van der Waals surface area contributed by atoms with Crippen molar-refractivity contribution in [1.82, 2.24) is 10.3 Å². The molecular formula is C20H25N3O4. The molecule has 3 N–H and O–H groups in total. The van der Waals surface area contributed by atoms with E-state index in [1.54, 1.807) is 24.4 Å². The third kappa shape index (κ3) is 4.30. The molecule has 2 amide bonds. The van der Waals surface area contributed by atoms with Crippen LogP contribution in [0.15, 0.2) is 24.4 Å². The monoisotopic (exact) mass is 371 g/mol. The van der Waals surface area contributed by atoms with E-state index < -0.39 is 5.91 Å². The predicted molar refractivity (Wildman–Crippen MR) is 102 cm³/mol. The lowest BCUT2D eigenvalue weighted by atomic mass is 10.1. The zero-order chi connectivity index (χ0) is 19.6. The highest BCUT2D eigenvalue weighted by atomic mass is 16.5. The Kier molecular flexibility index (Phi) is 5.48. The minimum atomic E-state index is -0.544. The molecule has 0 radical (unpaired) electrons. The number of benzene rings is 1. The summed E-state index contributed by atoms with van der Waals surface area (Å²) in [5, 5.41) is 4.52. The second-order valence-corrected chi connectivity index (χ2v) is 7.20. The molecule has 1 aromatic heterocycles. The van der Waals surface area contributed by atoms with Gasteiger partial charge in [-0.25, -0.2) is 4.98 Å². The van der Waals surface area contributed by atoms with Crippen LogP contribution in [-0.2, 0) is 4.79 Å². The number of amides is 2. The first-order chi connectivity index (χ1) is 12.8. The standard InChI is InChI=1S/C20H25N3O4/c1-11(2)27-17-10-15-13(9-16(17)18(21)24)4-6-22-20(15)26-7-5-14-8-12(3)19(25)23-14/h4,6,9-12,14H,5,7-8H2,1-3H3,(H2,21,24)(H,23,25)/t12-,14-/m1/s1. The fourth-order valence-electron chi connectivity index (χ4n) is 3.26. The number of hydrogen-bond acceptors (Lipinski definition) is 5. The fraction of sp³-hybridized carbons (Fsp3) is 0.450. The van der Waals surface area contributed by atoms with E-state index in [1.165, 1.54) is 0 Å². The number of carbonyl (C=O) groups excluding carboxylic acids is 2. The Bertz CT molecular complexity index is 866. The summed E-state index contributed by atoms with van der Waals surface area (Å²) in [6.07, 6.45) is 3.06. The molecule has 2 heterocycles. The van der Waals surface area contributed by atoms with E-state index in [0.717, 1.165) is 17.2 Å². The van der Waals surface area contributed by atoms with Crippen LogP contribution in [0.2, 0.25) is 0 Å². The Morgan fingerprint density at radius 2 is 2.19 bits per heavy atom. The second kappa shape index (κ2) is 7.82. The first kappa shape index (κ1) is 18.9. The van der Waals surface area contributed by atoms with Crippen LogP contribution in [-0.4, -0.2) is 35.6 Å². The minimum absolute atomic E-state index is 0.0497. The van der Waals surface area contributed by atoms with E-state index in [0.29, 0.717) is 30.2 Å². The van der Waals surface area contributed by atoms with Gasteiger partial charge in [0.1, 0.15) is 5.75 Å². The maximum Gasteiger partial charge on any atom is 0.252 e. The number of pyridine rings is 1. The van der Waals surface area contributed by atoms with Gasteiger partial charge in [-0.1, -0.05) is 6.92 Å². The summed E-state index contributed by atoms with van der Waals surface area (Å²) in [6, 6.07) is 5.37. The van der Waals surface area contributed by atoms with Crippen molar-refractivity contribution in [3.05, 3.63) is 30.0 Å². The molecule has 0 aliphatic carbocycles. The summed E-state index contributed by atoms with van der Waals surface area (Å²) >= 11 is 0. The molecule has 0 saturated carbocycles. The van der Waals surface area contributed by atoms with Crippen LogP contribution in [0.4, 0.5) is 0 Å². The van der Waals surface area contributed by atoms with Gasteiger partial charge in [0, 0.05) is 30.0 Å². The topological polar surface area (TPSA) is 104 Å². The van der Waals surface area contributed by atoms with Gasteiger partial charge in [0.15, 0.2) is 0 Å². The van der Waals surface area contributed by atoms with E-state index in [-0.39, 0.29) is 24.0 Å². The summed E-state index contributed by atoms with van der Waals surface area (Å²) in [7, 11) is 0. The normalized spacial score (nSPS) is 19.3. The molecule has 0 unspecified atom stereocenters. The van der Waals surface area contributed by atoms with Crippen molar-refractivity contribution in [3.8, 4) is 11.6 Å². The average Bonchev–Trinajstić information content (AvgIpc) is 2.92. The fourth-order valence-corrected chi connectivity index (χ4v) is 3.26. The Labute approximate surface area is 158 Å². The molecule has 2 atom stereocenters. The molecule has 144 valence electrons. The van der Waals surface area contributed by atoms with Gasteiger partial charge in [-0.15, -0.1) is 0 Å². The Balaban J connectivity index is 1.81. The van der Waals surface area contributed by atoms with E-state index in [4.69, 9.17) is 15.2 Å². The lowest BCUT2D eigenvalue weighted by molar-refractivity contribution is -0.122. The van der Waals surface area contributed by atoms with E-state index in [1.807, 2.05) is 20.8 Å². The summed E-state index contributed by atoms with van der Waals surface area (Å²) in [5.74, 6) is 0.485. The molecule has 1 saturated heterocycles. The van der Waals surface area contributed by atoms with Crippen LogP contribution < -0.4 is 20.5 Å². The predicted octanol–water partition coefficient (Wildman–Crippen LogP) is 2.41. The number of hydrogen-bond donors (Lipinski definition) is 2. The molecule has 1 aromatic carbocycles. The quantitative estimate of drug-likeness (QED) is 0.778. The summed E-state index contributed by atoms with van der Waals surface area (Å²) in [5.41, 5.74) is 5.82. The molecule has 7 nitrogen and oxygen atoms in total. The molecule has 0 spiro atoms. The number of fused-ring (bicyclic) bond motifs is 1. The van der Waals surface area contributed by atoms with Crippen LogP contribution in [0.5, 0.6) is 11.6 Å². The highest BCUT2D eigenvalue weighted by molar-refractivity contribution is 6.01. The van der Waals surface area contributed by atoms with Gasteiger partial charge >= 0.3 is 0 Å². The Morgan fingerprint density at radius 3 is 2.81 bits per heavy atom. The zero-order valence-corrected chi connectivity index (χ0v) is 15.8. The summed E-state index contributed by atoms with van der Waals surface area (Å²) in [6.45, 7) is 6.12. The number of nitrogens with zero attached hydrogens (tertiary/aromatic N) is 1. The van der Waals surface area contributed by atoms with Gasteiger partial charge in [0.05, 0.1) is 18.3 Å². The van der Waals surface area contributed by atoms with Gasteiger partial charge < -0.3 is 20.5 Å². The second-order valence-electron chi connectivity index (χ2n) is 7.20. The smallest absolute Gasteiger partial charge is 0.252 e. The Morgan fingerprint density at radius 1 is 1.41 bits per heavy atom. The molecule has 1 aliphatic heterocycles. The van der Waals surface area contributed by atoms with Gasteiger partial charge in [-0.3, -0.25) is 9.59 Å². The van der Waals surface area contributed by atoms with Crippen molar-refractivity contribution in [2.24, 2.45) is 11.7 Å². The maximum absolute atomic E-state index is 11.8. The molecule has 1 aliphatic rings. The third-order valence-electron chi connectivity index (χ3n) is 4.59. The van der Waals surface area contributed by atoms with Crippen LogP contribution in [0.25, 0.3) is 10.8 Å². The largest absolute Gasteiger partial charge is 0.490 e. The molecule has 1 fully saturated rings. The van der Waals surface area contributed by atoms with Crippen molar-refractivity contribution >= 4 is 22.6 Å². The van der Waals surface area contributed by atoms with Gasteiger partial charge in [-0.05, 0) is 43.9 Å². The number of nitrogens with two attached hydrogens (primary N) is 1. The van der Waals surface area contributed by atoms with E-state index in [9.17, 15) is 9.59 Å². The van der Waals surface area contributed by atoms with Gasteiger partial charge in [-0.2, -0.15) is 0 Å². The van der Waals surface area contributed by atoms with Crippen molar-refractivity contribution < 1.29 is 19.1 Å². The number of nitrogens with one attached hydrogen (secondary N) is 1. The maximum atomic E-state index is 11.8. The molecule has 3 rings (SSSR count). The van der Waals surface area contributed by atoms with Crippen LogP contribution in [0, 0.1) is 5.92 Å². The SMILES string of the molecule is CC(C)Oc1cc2c(OCC[C@@H]3C[C@@H](C)C(=O)N3)nccc2cc1C(N)=O. The average molecular weight is 371 g/mol. The van der Waals surface area contributed by atoms with Crippen molar-refractivity contribution in [2.75, 3.05) is 6.61 Å². The molecular weight excluding hydrogens is 346 g/mol. The van der Waals surface area contributed by atoms with Crippen LogP contribution in [0.1, 0.15) is 44.0 Å². The van der Waals surface area contributed by atoms with Gasteiger partial charge in [0.2, 0.25) is 11.8 Å². The molecule has 0 bridgehead atoms. The highest BCUT2D eigenvalue weighted by Gasteiger charge is 2.28. The molecule has 27 heavy (non-hydrogen) atoms. The zero-order valence-electron chi connectivity index (χ0n) is 15.8. The summed E-state index contributed by atoms with van der Waals surface area (Å²) in [4.78, 5) is 27.7. The number of ether oxygens (including phenoxy) is 2.